The molecule has 0 saturated heterocycles. The van der Waals surface area contributed by atoms with Gasteiger partial charge in [0.15, 0.2) is 0 Å². The quantitative estimate of drug-likeness (QED) is 0.617. The fourth-order valence-electron chi connectivity index (χ4n) is 1.38. The number of nitrogens with one attached hydrogen (secondary N) is 1. The van der Waals surface area contributed by atoms with E-state index in [0.717, 1.165) is 11.8 Å². The van der Waals surface area contributed by atoms with Gasteiger partial charge in [0, 0.05) is 5.69 Å². The number of hydrogen-bond donors (Lipinski definition) is 2. The Hall–Kier alpha value is -2.36. The summed E-state index contributed by atoms with van der Waals surface area (Å²) in [5, 5.41) is 10.3. The molecular weight excluding hydrogens is 304 g/mol. The number of alkyl halides is 2. The first-order valence-corrected chi connectivity index (χ1v) is 6.66. The van der Waals surface area contributed by atoms with Gasteiger partial charge in [0.1, 0.15) is 12.1 Å². The number of aromatic nitrogens is 3. The second-order valence-electron chi connectivity index (χ2n) is 3.76. The summed E-state index contributed by atoms with van der Waals surface area (Å²) in [6.45, 7) is -2.88. The molecular formula is C11H11F2N5O2S. The molecule has 1 aromatic heterocycles. The van der Waals surface area contributed by atoms with Crippen molar-refractivity contribution in [3.8, 4) is 5.75 Å². The van der Waals surface area contributed by atoms with Crippen molar-refractivity contribution >= 4 is 23.4 Å². The highest BCUT2D eigenvalue weighted by atomic mass is 32.2. The smallest absolute Gasteiger partial charge is 0.387 e. The zero-order valence-electron chi connectivity index (χ0n) is 10.6. The van der Waals surface area contributed by atoms with E-state index in [-0.39, 0.29) is 17.4 Å². The molecule has 0 unspecified atom stereocenters. The number of ether oxygens (including phenoxy) is 1. The Morgan fingerprint density at radius 2 is 2.14 bits per heavy atom. The lowest BCUT2D eigenvalue weighted by Gasteiger charge is -2.07. The number of rotatable bonds is 6. The van der Waals surface area contributed by atoms with Crippen molar-refractivity contribution in [1.29, 1.82) is 0 Å². The summed E-state index contributed by atoms with van der Waals surface area (Å²) in [5.74, 6) is 5.32. The average molecular weight is 315 g/mol. The minimum Gasteiger partial charge on any atom is -0.435 e. The van der Waals surface area contributed by atoms with E-state index >= 15 is 0 Å². The van der Waals surface area contributed by atoms with Gasteiger partial charge in [-0.25, -0.2) is 4.68 Å². The second kappa shape index (κ2) is 6.88. The molecule has 21 heavy (non-hydrogen) atoms. The number of halogens is 2. The van der Waals surface area contributed by atoms with Crippen LogP contribution in [0.3, 0.4) is 0 Å². The molecule has 0 radical (unpaired) electrons. The highest BCUT2D eigenvalue weighted by molar-refractivity contribution is 7.99. The first-order valence-electron chi connectivity index (χ1n) is 5.67. The molecule has 0 spiro atoms. The van der Waals surface area contributed by atoms with Crippen LogP contribution in [-0.4, -0.2) is 33.1 Å². The van der Waals surface area contributed by atoms with Crippen LogP contribution in [0.1, 0.15) is 0 Å². The van der Waals surface area contributed by atoms with Gasteiger partial charge in [-0.05, 0) is 24.3 Å². The molecule has 0 saturated carbocycles. The van der Waals surface area contributed by atoms with Gasteiger partial charge in [0.05, 0.1) is 5.75 Å². The fourth-order valence-corrected chi connectivity index (χ4v) is 2.02. The largest absolute Gasteiger partial charge is 0.435 e. The van der Waals surface area contributed by atoms with E-state index in [2.05, 4.69) is 20.3 Å². The third-order valence-electron chi connectivity index (χ3n) is 2.24. The predicted octanol–water partition coefficient (Wildman–Crippen LogP) is 1.32. The lowest BCUT2D eigenvalue weighted by molar-refractivity contribution is -0.113. The summed E-state index contributed by atoms with van der Waals surface area (Å²) in [6, 6.07) is 5.61. The SMILES string of the molecule is Nn1cnnc1SCC(=O)Nc1ccc(OC(F)F)cc1. The normalized spacial score (nSPS) is 10.6. The number of benzene rings is 1. The number of thioether (sulfide) groups is 1. The van der Waals surface area contributed by atoms with E-state index in [0.29, 0.717) is 10.8 Å². The van der Waals surface area contributed by atoms with E-state index in [9.17, 15) is 13.6 Å². The lowest BCUT2D eigenvalue weighted by Crippen LogP contribution is -2.15. The number of nitrogens with zero attached hydrogens (tertiary/aromatic N) is 3. The zero-order valence-corrected chi connectivity index (χ0v) is 11.4. The second-order valence-corrected chi connectivity index (χ2v) is 4.70. The van der Waals surface area contributed by atoms with Crippen molar-refractivity contribution in [2.75, 3.05) is 16.9 Å². The summed E-state index contributed by atoms with van der Waals surface area (Å²) >= 11 is 1.12. The van der Waals surface area contributed by atoms with E-state index in [1.165, 1.54) is 35.3 Å². The minimum atomic E-state index is -2.88. The molecule has 10 heteroatoms. The van der Waals surface area contributed by atoms with Gasteiger partial charge in [0.25, 0.3) is 0 Å². The summed E-state index contributed by atoms with van der Waals surface area (Å²) in [7, 11) is 0. The molecule has 0 aliphatic carbocycles. The van der Waals surface area contributed by atoms with Crippen LogP contribution in [0.15, 0.2) is 35.7 Å². The molecule has 0 fully saturated rings. The molecule has 0 atom stereocenters. The van der Waals surface area contributed by atoms with Gasteiger partial charge < -0.3 is 15.9 Å². The molecule has 2 rings (SSSR count). The maximum atomic E-state index is 12.0. The maximum absolute atomic E-state index is 12.0. The Morgan fingerprint density at radius 1 is 1.43 bits per heavy atom. The van der Waals surface area contributed by atoms with Gasteiger partial charge in [-0.15, -0.1) is 10.2 Å². The van der Waals surface area contributed by atoms with Crippen LogP contribution in [0.25, 0.3) is 0 Å². The van der Waals surface area contributed by atoms with Gasteiger partial charge in [-0.3, -0.25) is 4.79 Å². The number of anilines is 1. The highest BCUT2D eigenvalue weighted by Gasteiger charge is 2.08. The average Bonchev–Trinajstić information content (AvgIpc) is 2.84. The molecule has 0 bridgehead atoms. The van der Waals surface area contributed by atoms with Crippen molar-refractivity contribution < 1.29 is 18.3 Å². The van der Waals surface area contributed by atoms with Crippen LogP contribution >= 0.6 is 11.8 Å². The van der Waals surface area contributed by atoms with Gasteiger partial charge in [-0.2, -0.15) is 8.78 Å². The number of amides is 1. The van der Waals surface area contributed by atoms with Crippen LogP contribution in [-0.2, 0) is 4.79 Å². The Balaban J connectivity index is 1.83. The molecule has 7 nitrogen and oxygen atoms in total. The maximum Gasteiger partial charge on any atom is 0.387 e. The summed E-state index contributed by atoms with van der Waals surface area (Å²) in [5.41, 5.74) is 0.469. The fraction of sp³-hybridized carbons (Fsp3) is 0.182. The molecule has 112 valence electrons. The Labute approximate surface area is 122 Å². The van der Waals surface area contributed by atoms with Crippen molar-refractivity contribution in [2.24, 2.45) is 0 Å². The Bertz CT molecular complexity index is 605. The minimum absolute atomic E-state index is 0.0219. The van der Waals surface area contributed by atoms with E-state index in [4.69, 9.17) is 5.84 Å². The van der Waals surface area contributed by atoms with E-state index in [1.54, 1.807) is 0 Å². The van der Waals surface area contributed by atoms with Crippen molar-refractivity contribution in [1.82, 2.24) is 14.9 Å². The first-order chi connectivity index (χ1) is 10.0. The van der Waals surface area contributed by atoms with Crippen LogP contribution in [0.2, 0.25) is 0 Å². The highest BCUT2D eigenvalue weighted by Crippen LogP contribution is 2.18. The molecule has 1 heterocycles. The molecule has 3 N–H and O–H groups in total. The number of hydrogen-bond acceptors (Lipinski definition) is 6. The zero-order chi connectivity index (χ0) is 15.2. The lowest BCUT2D eigenvalue weighted by atomic mass is 10.3. The molecule has 2 aromatic rings. The molecule has 0 aliphatic heterocycles. The molecule has 0 aliphatic rings. The van der Waals surface area contributed by atoms with E-state index in [1.807, 2.05) is 0 Å². The number of nitrogens with two attached hydrogens (primary N) is 1. The van der Waals surface area contributed by atoms with Crippen LogP contribution < -0.4 is 15.9 Å². The van der Waals surface area contributed by atoms with Crippen LogP contribution in [0.4, 0.5) is 14.5 Å². The summed E-state index contributed by atoms with van der Waals surface area (Å²) in [6.07, 6.45) is 1.32. The third-order valence-corrected chi connectivity index (χ3v) is 3.19. The van der Waals surface area contributed by atoms with Gasteiger partial charge >= 0.3 is 6.61 Å². The molecule has 1 amide bonds. The Morgan fingerprint density at radius 3 is 2.71 bits per heavy atom. The first kappa shape index (κ1) is 15.0. The van der Waals surface area contributed by atoms with Crippen LogP contribution in [0.5, 0.6) is 5.75 Å². The Kier molecular flexibility index (Phi) is 4.93. The predicted molar refractivity (Wildman–Crippen MR) is 72.6 cm³/mol. The topological polar surface area (TPSA) is 95.1 Å². The van der Waals surface area contributed by atoms with Crippen LogP contribution in [0, 0.1) is 0 Å². The van der Waals surface area contributed by atoms with Crippen molar-refractivity contribution in [3.05, 3.63) is 30.6 Å². The number of carbonyl (C=O) groups is 1. The van der Waals surface area contributed by atoms with Gasteiger partial charge in [-0.1, -0.05) is 11.8 Å². The molecule has 1 aromatic carbocycles. The standard InChI is InChI=1S/C11H11F2N5O2S/c12-10(13)20-8-3-1-7(2-4-8)16-9(19)5-21-11-17-15-6-18(11)14/h1-4,6,10H,5,14H2,(H,16,19). The number of nitrogen functional groups attached to an aromatic ring is 1. The monoisotopic (exact) mass is 315 g/mol. The number of carbonyl (C=O) groups excluding carboxylic acids is 1. The van der Waals surface area contributed by atoms with Crippen molar-refractivity contribution in [2.45, 2.75) is 11.8 Å². The van der Waals surface area contributed by atoms with Gasteiger partial charge in [0.2, 0.25) is 11.1 Å². The summed E-state index contributed by atoms with van der Waals surface area (Å²) < 4.78 is 29.4. The van der Waals surface area contributed by atoms with Crippen molar-refractivity contribution in [3.63, 3.8) is 0 Å². The van der Waals surface area contributed by atoms with E-state index < -0.39 is 6.61 Å². The third kappa shape index (κ3) is 4.60. The summed E-state index contributed by atoms with van der Waals surface area (Å²) in [4.78, 5) is 11.7.